The van der Waals surface area contributed by atoms with Crippen molar-refractivity contribution in [3.05, 3.63) is 24.2 Å². The molecule has 4 heteroatoms. The minimum absolute atomic E-state index is 0.118. The lowest BCUT2D eigenvalue weighted by molar-refractivity contribution is 0.0515. The van der Waals surface area contributed by atoms with E-state index in [1.807, 2.05) is 13.8 Å². The van der Waals surface area contributed by atoms with Gasteiger partial charge in [-0.05, 0) is 26.0 Å². The number of likely N-dealkylation sites (N-methyl/N-ethyl adjacent to an activating group) is 1. The van der Waals surface area contributed by atoms with Crippen molar-refractivity contribution in [2.24, 2.45) is 0 Å². The molecule has 0 unspecified atom stereocenters. The zero-order valence-corrected chi connectivity index (χ0v) is 9.40. The summed E-state index contributed by atoms with van der Waals surface area (Å²) >= 11 is 0. The SMILES string of the molecule is CC(C)OCCN(C)C(=O)c1ccco1. The fourth-order valence-electron chi connectivity index (χ4n) is 1.12. The molecule has 0 radical (unpaired) electrons. The summed E-state index contributed by atoms with van der Waals surface area (Å²) in [7, 11) is 1.73. The smallest absolute Gasteiger partial charge is 0.289 e. The summed E-state index contributed by atoms with van der Waals surface area (Å²) in [6.07, 6.45) is 1.68. The molecule has 0 N–H and O–H groups in total. The molecule has 1 rings (SSSR count). The van der Waals surface area contributed by atoms with Crippen LogP contribution in [0.4, 0.5) is 0 Å². The molecule has 0 aliphatic heterocycles. The fourth-order valence-corrected chi connectivity index (χ4v) is 1.12. The van der Waals surface area contributed by atoms with E-state index >= 15 is 0 Å². The zero-order chi connectivity index (χ0) is 11.3. The van der Waals surface area contributed by atoms with Crippen LogP contribution >= 0.6 is 0 Å². The molecule has 1 aromatic rings. The second-order valence-corrected chi connectivity index (χ2v) is 3.62. The highest BCUT2D eigenvalue weighted by Crippen LogP contribution is 2.03. The van der Waals surface area contributed by atoms with Gasteiger partial charge in [0, 0.05) is 13.6 Å². The monoisotopic (exact) mass is 211 g/mol. The normalized spacial score (nSPS) is 10.7. The average molecular weight is 211 g/mol. The molecule has 0 fully saturated rings. The van der Waals surface area contributed by atoms with Crippen LogP contribution in [0.5, 0.6) is 0 Å². The van der Waals surface area contributed by atoms with E-state index in [0.29, 0.717) is 18.9 Å². The first-order chi connectivity index (χ1) is 7.11. The van der Waals surface area contributed by atoms with Gasteiger partial charge in [-0.15, -0.1) is 0 Å². The molecule has 4 nitrogen and oxygen atoms in total. The molecule has 0 atom stereocenters. The standard InChI is InChI=1S/C11H17NO3/c1-9(2)14-8-6-12(3)11(13)10-5-4-7-15-10/h4-5,7,9H,6,8H2,1-3H3. The lowest BCUT2D eigenvalue weighted by Crippen LogP contribution is -2.30. The number of hydrogen-bond donors (Lipinski definition) is 0. The number of carbonyl (C=O) groups is 1. The Bertz CT molecular complexity index is 293. The van der Waals surface area contributed by atoms with Crippen molar-refractivity contribution >= 4 is 5.91 Å². The van der Waals surface area contributed by atoms with Crippen LogP contribution in [0.1, 0.15) is 24.4 Å². The Labute approximate surface area is 89.8 Å². The summed E-state index contributed by atoms with van der Waals surface area (Å²) in [6.45, 7) is 5.04. The molecule has 0 aromatic carbocycles. The van der Waals surface area contributed by atoms with Crippen molar-refractivity contribution in [2.75, 3.05) is 20.2 Å². The Kier molecular flexibility index (Phi) is 4.37. The first kappa shape index (κ1) is 11.8. The van der Waals surface area contributed by atoms with Crippen LogP contribution in [-0.2, 0) is 4.74 Å². The van der Waals surface area contributed by atoms with Crippen LogP contribution in [0.25, 0.3) is 0 Å². The van der Waals surface area contributed by atoms with Gasteiger partial charge in [-0.3, -0.25) is 4.79 Å². The fraction of sp³-hybridized carbons (Fsp3) is 0.545. The minimum atomic E-state index is -0.118. The quantitative estimate of drug-likeness (QED) is 0.745. The van der Waals surface area contributed by atoms with Crippen LogP contribution in [0.3, 0.4) is 0 Å². The first-order valence-electron chi connectivity index (χ1n) is 5.02. The number of nitrogens with zero attached hydrogens (tertiary/aromatic N) is 1. The summed E-state index contributed by atoms with van der Waals surface area (Å²) in [5.41, 5.74) is 0. The molecular weight excluding hydrogens is 194 g/mol. The number of rotatable bonds is 5. The van der Waals surface area contributed by atoms with E-state index in [-0.39, 0.29) is 12.0 Å². The van der Waals surface area contributed by atoms with Crippen molar-refractivity contribution in [3.63, 3.8) is 0 Å². The van der Waals surface area contributed by atoms with Gasteiger partial charge in [-0.1, -0.05) is 0 Å². The van der Waals surface area contributed by atoms with Gasteiger partial charge in [0.25, 0.3) is 5.91 Å². The van der Waals surface area contributed by atoms with Gasteiger partial charge < -0.3 is 14.1 Å². The number of ether oxygens (including phenoxy) is 1. The van der Waals surface area contributed by atoms with Gasteiger partial charge in [0.15, 0.2) is 5.76 Å². The summed E-state index contributed by atoms with van der Waals surface area (Å²) in [5, 5.41) is 0. The highest BCUT2D eigenvalue weighted by molar-refractivity contribution is 5.91. The zero-order valence-electron chi connectivity index (χ0n) is 9.40. The molecular formula is C11H17NO3. The number of furan rings is 1. The minimum Gasteiger partial charge on any atom is -0.459 e. The second-order valence-electron chi connectivity index (χ2n) is 3.62. The van der Waals surface area contributed by atoms with Gasteiger partial charge in [-0.25, -0.2) is 0 Å². The third kappa shape index (κ3) is 3.75. The first-order valence-corrected chi connectivity index (χ1v) is 5.02. The van der Waals surface area contributed by atoms with E-state index in [4.69, 9.17) is 9.15 Å². The van der Waals surface area contributed by atoms with Crippen molar-refractivity contribution < 1.29 is 13.9 Å². The molecule has 1 amide bonds. The van der Waals surface area contributed by atoms with Gasteiger partial charge in [0.1, 0.15) is 0 Å². The second kappa shape index (κ2) is 5.56. The van der Waals surface area contributed by atoms with Crippen LogP contribution in [0, 0.1) is 0 Å². The maximum atomic E-state index is 11.7. The molecule has 0 aliphatic rings. The summed E-state index contributed by atoms with van der Waals surface area (Å²) in [4.78, 5) is 13.2. The Balaban J connectivity index is 2.34. The van der Waals surface area contributed by atoms with E-state index in [9.17, 15) is 4.79 Å². The summed E-state index contributed by atoms with van der Waals surface area (Å²) < 4.78 is 10.4. The van der Waals surface area contributed by atoms with Gasteiger partial charge in [0.05, 0.1) is 19.0 Å². The Morgan fingerprint density at radius 3 is 2.87 bits per heavy atom. The largest absolute Gasteiger partial charge is 0.459 e. The predicted octanol–water partition coefficient (Wildman–Crippen LogP) is 1.78. The Morgan fingerprint density at radius 1 is 1.60 bits per heavy atom. The Morgan fingerprint density at radius 2 is 2.33 bits per heavy atom. The highest BCUT2D eigenvalue weighted by atomic mass is 16.5. The van der Waals surface area contributed by atoms with E-state index in [0.717, 1.165) is 0 Å². The number of amides is 1. The van der Waals surface area contributed by atoms with Gasteiger partial charge >= 0.3 is 0 Å². The lowest BCUT2D eigenvalue weighted by atomic mass is 10.4. The molecule has 1 aromatic heterocycles. The van der Waals surface area contributed by atoms with Crippen molar-refractivity contribution in [2.45, 2.75) is 20.0 Å². The molecule has 0 saturated heterocycles. The van der Waals surface area contributed by atoms with Crippen LogP contribution < -0.4 is 0 Å². The molecule has 0 aliphatic carbocycles. The van der Waals surface area contributed by atoms with Crippen LogP contribution in [0.15, 0.2) is 22.8 Å². The number of carbonyl (C=O) groups excluding carboxylic acids is 1. The van der Waals surface area contributed by atoms with Gasteiger partial charge in [-0.2, -0.15) is 0 Å². The highest BCUT2D eigenvalue weighted by Gasteiger charge is 2.13. The lowest BCUT2D eigenvalue weighted by Gasteiger charge is -2.16. The summed E-state index contributed by atoms with van der Waals surface area (Å²) in [5.74, 6) is 0.245. The van der Waals surface area contributed by atoms with Crippen LogP contribution in [0.2, 0.25) is 0 Å². The van der Waals surface area contributed by atoms with Crippen molar-refractivity contribution in [1.29, 1.82) is 0 Å². The van der Waals surface area contributed by atoms with E-state index in [1.54, 1.807) is 24.1 Å². The predicted molar refractivity (Wildman–Crippen MR) is 56.8 cm³/mol. The topological polar surface area (TPSA) is 42.7 Å². The third-order valence-electron chi connectivity index (χ3n) is 1.96. The molecule has 15 heavy (non-hydrogen) atoms. The maximum Gasteiger partial charge on any atom is 0.289 e. The molecule has 84 valence electrons. The molecule has 1 heterocycles. The van der Waals surface area contributed by atoms with E-state index < -0.39 is 0 Å². The van der Waals surface area contributed by atoms with Crippen LogP contribution in [-0.4, -0.2) is 37.1 Å². The summed E-state index contributed by atoms with van der Waals surface area (Å²) in [6, 6.07) is 3.35. The number of hydrogen-bond acceptors (Lipinski definition) is 3. The van der Waals surface area contributed by atoms with Crippen molar-refractivity contribution in [1.82, 2.24) is 4.90 Å². The maximum absolute atomic E-state index is 11.7. The Hall–Kier alpha value is -1.29. The molecule has 0 saturated carbocycles. The van der Waals surface area contributed by atoms with Crippen molar-refractivity contribution in [3.8, 4) is 0 Å². The van der Waals surface area contributed by atoms with Gasteiger partial charge in [0.2, 0.25) is 0 Å². The molecule has 0 spiro atoms. The average Bonchev–Trinajstić information content (AvgIpc) is 2.68. The third-order valence-corrected chi connectivity index (χ3v) is 1.96. The molecule has 0 bridgehead atoms. The van der Waals surface area contributed by atoms with E-state index in [1.165, 1.54) is 6.26 Å². The van der Waals surface area contributed by atoms with E-state index in [2.05, 4.69) is 0 Å².